The summed E-state index contributed by atoms with van der Waals surface area (Å²) in [6.45, 7) is 8.15. The molecule has 0 aliphatic carbocycles. The van der Waals surface area contributed by atoms with Crippen LogP contribution < -0.4 is 5.32 Å². The maximum atomic E-state index is 6.22. The summed E-state index contributed by atoms with van der Waals surface area (Å²) in [5.41, 5.74) is 2.06. The first-order valence-electron chi connectivity index (χ1n) is 6.94. The van der Waals surface area contributed by atoms with Crippen molar-refractivity contribution in [3.8, 4) is 0 Å². The van der Waals surface area contributed by atoms with E-state index in [1.165, 1.54) is 5.56 Å². The largest absolute Gasteiger partial charge is 0.363 e. The molecular formula is C16H19BrClN3. The molecule has 1 atom stereocenters. The van der Waals surface area contributed by atoms with Crippen molar-refractivity contribution >= 4 is 33.3 Å². The van der Waals surface area contributed by atoms with E-state index in [2.05, 4.69) is 64.1 Å². The molecule has 0 saturated carbocycles. The molecule has 2 rings (SSSR count). The van der Waals surface area contributed by atoms with E-state index in [0.717, 1.165) is 21.7 Å². The standard InChI is InChI=1S/C16H19BrClN3/c1-9(2)15-20-14(18)10(3)16(21-15)19-11(4)12-6-5-7-13(17)8-12/h5-9,11H,1-4H3,(H,19,20,21). The lowest BCUT2D eigenvalue weighted by molar-refractivity contribution is 0.765. The van der Waals surface area contributed by atoms with E-state index < -0.39 is 0 Å². The van der Waals surface area contributed by atoms with Gasteiger partial charge in [0.15, 0.2) is 0 Å². The van der Waals surface area contributed by atoms with Crippen molar-refractivity contribution in [2.45, 2.75) is 39.7 Å². The maximum absolute atomic E-state index is 6.22. The summed E-state index contributed by atoms with van der Waals surface area (Å²) in [6, 6.07) is 8.35. The maximum Gasteiger partial charge on any atom is 0.137 e. The fourth-order valence-electron chi connectivity index (χ4n) is 1.97. The van der Waals surface area contributed by atoms with E-state index >= 15 is 0 Å². The number of aromatic nitrogens is 2. The minimum absolute atomic E-state index is 0.132. The van der Waals surface area contributed by atoms with Crippen LogP contribution in [-0.2, 0) is 0 Å². The van der Waals surface area contributed by atoms with Crippen LogP contribution in [0.25, 0.3) is 0 Å². The molecule has 0 spiro atoms. The Morgan fingerprint density at radius 1 is 1.19 bits per heavy atom. The van der Waals surface area contributed by atoms with Gasteiger partial charge in [-0.2, -0.15) is 0 Å². The molecule has 2 aromatic rings. The Morgan fingerprint density at radius 2 is 1.90 bits per heavy atom. The molecule has 1 heterocycles. The van der Waals surface area contributed by atoms with Crippen molar-refractivity contribution in [2.24, 2.45) is 0 Å². The molecular weight excluding hydrogens is 350 g/mol. The van der Waals surface area contributed by atoms with E-state index in [9.17, 15) is 0 Å². The van der Waals surface area contributed by atoms with Crippen molar-refractivity contribution in [3.63, 3.8) is 0 Å². The van der Waals surface area contributed by atoms with E-state index in [0.29, 0.717) is 5.15 Å². The summed E-state index contributed by atoms with van der Waals surface area (Å²) in [5, 5.41) is 3.95. The molecule has 0 radical (unpaired) electrons. The molecule has 0 amide bonds. The minimum Gasteiger partial charge on any atom is -0.363 e. The lowest BCUT2D eigenvalue weighted by Crippen LogP contribution is -2.12. The number of rotatable bonds is 4. The lowest BCUT2D eigenvalue weighted by Gasteiger charge is -2.18. The molecule has 1 aromatic heterocycles. The van der Waals surface area contributed by atoms with E-state index in [1.54, 1.807) is 0 Å². The zero-order valence-electron chi connectivity index (χ0n) is 12.6. The van der Waals surface area contributed by atoms with Crippen LogP contribution in [0.1, 0.15) is 49.7 Å². The van der Waals surface area contributed by atoms with Crippen molar-refractivity contribution in [1.29, 1.82) is 0 Å². The SMILES string of the molecule is Cc1c(Cl)nc(C(C)C)nc1NC(C)c1cccc(Br)c1. The fraction of sp³-hybridized carbons (Fsp3) is 0.375. The molecule has 1 N–H and O–H groups in total. The van der Waals surface area contributed by atoms with Gasteiger partial charge in [-0.1, -0.05) is 53.5 Å². The summed E-state index contributed by atoms with van der Waals surface area (Å²) in [4.78, 5) is 8.94. The van der Waals surface area contributed by atoms with E-state index in [1.807, 2.05) is 19.1 Å². The van der Waals surface area contributed by atoms with Crippen LogP contribution in [0.3, 0.4) is 0 Å². The summed E-state index contributed by atoms with van der Waals surface area (Å²) in [5.74, 6) is 1.80. The van der Waals surface area contributed by atoms with E-state index in [-0.39, 0.29) is 12.0 Å². The van der Waals surface area contributed by atoms with Gasteiger partial charge in [0.05, 0.1) is 0 Å². The third-order valence-corrected chi connectivity index (χ3v) is 4.18. The molecule has 0 saturated heterocycles. The van der Waals surface area contributed by atoms with Gasteiger partial charge >= 0.3 is 0 Å². The quantitative estimate of drug-likeness (QED) is 0.724. The molecule has 0 bridgehead atoms. The first-order valence-corrected chi connectivity index (χ1v) is 8.11. The lowest BCUT2D eigenvalue weighted by atomic mass is 10.1. The van der Waals surface area contributed by atoms with Gasteiger partial charge < -0.3 is 5.32 Å². The molecule has 0 aliphatic rings. The number of nitrogens with zero attached hydrogens (tertiary/aromatic N) is 2. The predicted molar refractivity (Wildman–Crippen MR) is 92.0 cm³/mol. The van der Waals surface area contributed by atoms with Crippen LogP contribution in [0.4, 0.5) is 5.82 Å². The topological polar surface area (TPSA) is 37.8 Å². The zero-order chi connectivity index (χ0) is 15.6. The second-order valence-corrected chi connectivity index (χ2v) is 6.70. The summed E-state index contributed by atoms with van der Waals surface area (Å²) in [6.07, 6.45) is 0. The molecule has 0 aliphatic heterocycles. The Bertz CT molecular complexity index is 643. The average Bonchev–Trinajstić information content (AvgIpc) is 2.43. The van der Waals surface area contributed by atoms with Gasteiger partial charge in [0.2, 0.25) is 0 Å². The first kappa shape index (κ1) is 16.2. The second kappa shape index (κ2) is 6.75. The number of benzene rings is 1. The predicted octanol–water partition coefficient (Wildman–Crippen LogP) is 5.50. The normalized spacial score (nSPS) is 12.5. The monoisotopic (exact) mass is 367 g/mol. The third kappa shape index (κ3) is 3.95. The van der Waals surface area contributed by atoms with Gasteiger partial charge in [-0.3, -0.25) is 0 Å². The van der Waals surface area contributed by atoms with Crippen LogP contribution in [0.5, 0.6) is 0 Å². The highest BCUT2D eigenvalue weighted by Gasteiger charge is 2.14. The molecule has 0 fully saturated rings. The number of hydrogen-bond donors (Lipinski definition) is 1. The van der Waals surface area contributed by atoms with Crippen molar-refractivity contribution in [2.75, 3.05) is 5.32 Å². The van der Waals surface area contributed by atoms with Crippen LogP contribution >= 0.6 is 27.5 Å². The smallest absolute Gasteiger partial charge is 0.137 e. The highest BCUT2D eigenvalue weighted by atomic mass is 79.9. The average molecular weight is 369 g/mol. The second-order valence-electron chi connectivity index (χ2n) is 5.42. The van der Waals surface area contributed by atoms with Gasteiger partial charge in [-0.05, 0) is 31.5 Å². The molecule has 5 heteroatoms. The van der Waals surface area contributed by atoms with Crippen LogP contribution in [0.15, 0.2) is 28.7 Å². The zero-order valence-corrected chi connectivity index (χ0v) is 15.0. The Hall–Kier alpha value is -1.13. The van der Waals surface area contributed by atoms with Crippen LogP contribution in [0, 0.1) is 6.92 Å². The third-order valence-electron chi connectivity index (χ3n) is 3.32. The molecule has 3 nitrogen and oxygen atoms in total. The molecule has 1 aromatic carbocycles. The minimum atomic E-state index is 0.132. The summed E-state index contributed by atoms with van der Waals surface area (Å²) in [7, 11) is 0. The Balaban J connectivity index is 2.30. The van der Waals surface area contributed by atoms with Gasteiger partial charge in [0.1, 0.15) is 16.8 Å². The number of hydrogen-bond acceptors (Lipinski definition) is 3. The van der Waals surface area contributed by atoms with Crippen LogP contribution in [-0.4, -0.2) is 9.97 Å². The van der Waals surface area contributed by atoms with Gasteiger partial charge in [0.25, 0.3) is 0 Å². The van der Waals surface area contributed by atoms with Crippen molar-refractivity contribution in [3.05, 3.63) is 50.8 Å². The van der Waals surface area contributed by atoms with Crippen molar-refractivity contribution in [1.82, 2.24) is 9.97 Å². The number of anilines is 1. The molecule has 1 unspecified atom stereocenters. The van der Waals surface area contributed by atoms with Gasteiger partial charge in [-0.25, -0.2) is 9.97 Å². The Kier molecular flexibility index (Phi) is 5.22. The van der Waals surface area contributed by atoms with Crippen LogP contribution in [0.2, 0.25) is 5.15 Å². The molecule has 112 valence electrons. The van der Waals surface area contributed by atoms with Crippen molar-refractivity contribution < 1.29 is 0 Å². The summed E-state index contributed by atoms with van der Waals surface area (Å²) < 4.78 is 1.06. The first-order chi connectivity index (χ1) is 9.88. The van der Waals surface area contributed by atoms with Gasteiger partial charge in [0, 0.05) is 22.0 Å². The van der Waals surface area contributed by atoms with Gasteiger partial charge in [-0.15, -0.1) is 0 Å². The highest BCUT2D eigenvalue weighted by Crippen LogP contribution is 2.27. The Morgan fingerprint density at radius 3 is 2.52 bits per heavy atom. The molecule has 21 heavy (non-hydrogen) atoms. The number of halogens is 2. The fourth-order valence-corrected chi connectivity index (χ4v) is 2.56. The highest BCUT2D eigenvalue weighted by molar-refractivity contribution is 9.10. The Labute approximate surface area is 139 Å². The summed E-state index contributed by atoms with van der Waals surface area (Å²) >= 11 is 9.72. The number of nitrogens with one attached hydrogen (secondary N) is 1. The van der Waals surface area contributed by atoms with E-state index in [4.69, 9.17) is 11.6 Å².